The van der Waals surface area contributed by atoms with E-state index in [1.54, 1.807) is 0 Å². The number of hydrogen-bond donors (Lipinski definition) is 1. The molecule has 0 unspecified atom stereocenters. The van der Waals surface area contributed by atoms with Gasteiger partial charge in [0.25, 0.3) is 0 Å². The Kier molecular flexibility index (Phi) is 5.61. The van der Waals surface area contributed by atoms with E-state index in [-0.39, 0.29) is 6.61 Å². The van der Waals surface area contributed by atoms with Crippen molar-refractivity contribution >= 4 is 22.0 Å². The van der Waals surface area contributed by atoms with Crippen LogP contribution in [0.25, 0.3) is 0 Å². The maximum atomic E-state index is 12.0. The average molecular weight is 362 g/mol. The SMILES string of the molecule is CC(C)(Cc1ccccc1Br)NC(=O)OCc1ccccc1. The fraction of sp³-hybridized carbons (Fsp3) is 0.278. The highest BCUT2D eigenvalue weighted by Gasteiger charge is 2.22. The smallest absolute Gasteiger partial charge is 0.407 e. The minimum atomic E-state index is -0.402. The number of carbonyl (C=O) groups is 1. The van der Waals surface area contributed by atoms with E-state index >= 15 is 0 Å². The molecular weight excluding hydrogens is 342 g/mol. The van der Waals surface area contributed by atoms with Crippen LogP contribution in [0.2, 0.25) is 0 Å². The third-order valence-electron chi connectivity index (χ3n) is 3.24. The molecule has 0 aromatic heterocycles. The molecule has 0 aliphatic heterocycles. The lowest BCUT2D eigenvalue weighted by atomic mass is 9.95. The third-order valence-corrected chi connectivity index (χ3v) is 4.02. The van der Waals surface area contributed by atoms with Gasteiger partial charge in [0.1, 0.15) is 6.61 Å². The van der Waals surface area contributed by atoms with Crippen LogP contribution in [0.15, 0.2) is 59.1 Å². The van der Waals surface area contributed by atoms with Crippen molar-refractivity contribution in [3.63, 3.8) is 0 Å². The van der Waals surface area contributed by atoms with Crippen molar-refractivity contribution in [2.24, 2.45) is 0 Å². The van der Waals surface area contributed by atoms with Crippen molar-refractivity contribution in [3.05, 3.63) is 70.2 Å². The van der Waals surface area contributed by atoms with Gasteiger partial charge in [0.15, 0.2) is 0 Å². The zero-order valence-corrected chi connectivity index (χ0v) is 14.4. The molecule has 1 N–H and O–H groups in total. The maximum Gasteiger partial charge on any atom is 0.407 e. The maximum absolute atomic E-state index is 12.0. The quantitative estimate of drug-likeness (QED) is 0.838. The van der Waals surface area contributed by atoms with Gasteiger partial charge in [-0.3, -0.25) is 0 Å². The zero-order valence-electron chi connectivity index (χ0n) is 12.8. The summed E-state index contributed by atoms with van der Waals surface area (Å²) in [6.45, 7) is 4.24. The van der Waals surface area contributed by atoms with Crippen LogP contribution in [0.3, 0.4) is 0 Å². The predicted octanol–water partition coefficient (Wildman–Crippen LogP) is 4.70. The Hall–Kier alpha value is -1.81. The molecule has 0 atom stereocenters. The van der Waals surface area contributed by atoms with Crippen molar-refractivity contribution in [3.8, 4) is 0 Å². The molecule has 0 bridgehead atoms. The molecule has 1 amide bonds. The zero-order chi connectivity index (χ0) is 16.0. The summed E-state index contributed by atoms with van der Waals surface area (Å²) >= 11 is 3.53. The Bertz CT molecular complexity index is 626. The highest BCUT2D eigenvalue weighted by Crippen LogP contribution is 2.21. The lowest BCUT2D eigenvalue weighted by Crippen LogP contribution is -2.45. The number of rotatable bonds is 5. The van der Waals surface area contributed by atoms with E-state index in [0.717, 1.165) is 22.0 Å². The minimum absolute atomic E-state index is 0.276. The van der Waals surface area contributed by atoms with Gasteiger partial charge >= 0.3 is 6.09 Å². The van der Waals surface area contributed by atoms with Crippen LogP contribution in [0.5, 0.6) is 0 Å². The summed E-state index contributed by atoms with van der Waals surface area (Å²) in [4.78, 5) is 12.0. The summed E-state index contributed by atoms with van der Waals surface area (Å²) in [5.41, 5.74) is 1.73. The lowest BCUT2D eigenvalue weighted by Gasteiger charge is -2.26. The van der Waals surface area contributed by atoms with Crippen molar-refractivity contribution in [2.45, 2.75) is 32.4 Å². The second-order valence-electron chi connectivity index (χ2n) is 5.84. The van der Waals surface area contributed by atoms with E-state index in [1.807, 2.05) is 68.4 Å². The molecule has 22 heavy (non-hydrogen) atoms. The molecule has 2 rings (SSSR count). The predicted molar refractivity (Wildman–Crippen MR) is 91.7 cm³/mol. The molecule has 2 aromatic carbocycles. The molecule has 0 aliphatic carbocycles. The standard InChI is InChI=1S/C18H20BrNO2/c1-18(2,12-15-10-6-7-11-16(15)19)20-17(21)22-13-14-8-4-3-5-9-14/h3-11H,12-13H2,1-2H3,(H,20,21). The van der Waals surface area contributed by atoms with Crippen LogP contribution in [0.4, 0.5) is 4.79 Å². The van der Waals surface area contributed by atoms with E-state index in [4.69, 9.17) is 4.74 Å². The minimum Gasteiger partial charge on any atom is -0.445 e. The third kappa shape index (κ3) is 5.19. The Balaban J connectivity index is 1.88. The van der Waals surface area contributed by atoms with E-state index in [1.165, 1.54) is 0 Å². The summed E-state index contributed by atoms with van der Waals surface area (Å²) in [7, 11) is 0. The van der Waals surface area contributed by atoms with Gasteiger partial charge in [0.2, 0.25) is 0 Å². The van der Waals surface area contributed by atoms with E-state index < -0.39 is 11.6 Å². The monoisotopic (exact) mass is 361 g/mol. The summed E-state index contributed by atoms with van der Waals surface area (Å²) in [6, 6.07) is 17.7. The number of benzene rings is 2. The molecule has 0 saturated carbocycles. The number of carbonyl (C=O) groups excluding carboxylic acids is 1. The van der Waals surface area contributed by atoms with Gasteiger partial charge < -0.3 is 10.1 Å². The second kappa shape index (κ2) is 7.45. The largest absolute Gasteiger partial charge is 0.445 e. The van der Waals surface area contributed by atoms with Gasteiger partial charge in [-0.1, -0.05) is 64.5 Å². The van der Waals surface area contributed by atoms with Gasteiger partial charge in [-0.2, -0.15) is 0 Å². The van der Waals surface area contributed by atoms with Crippen LogP contribution >= 0.6 is 15.9 Å². The Morgan fingerprint density at radius 1 is 1.09 bits per heavy atom. The highest BCUT2D eigenvalue weighted by molar-refractivity contribution is 9.10. The number of halogens is 1. The van der Waals surface area contributed by atoms with Crippen molar-refractivity contribution < 1.29 is 9.53 Å². The van der Waals surface area contributed by atoms with Crippen molar-refractivity contribution in [2.75, 3.05) is 0 Å². The van der Waals surface area contributed by atoms with E-state index in [2.05, 4.69) is 21.2 Å². The van der Waals surface area contributed by atoms with Gasteiger partial charge in [0.05, 0.1) is 0 Å². The number of hydrogen-bond acceptors (Lipinski definition) is 2. The normalized spacial score (nSPS) is 11.0. The highest BCUT2D eigenvalue weighted by atomic mass is 79.9. The first kappa shape index (κ1) is 16.6. The van der Waals surface area contributed by atoms with Gasteiger partial charge in [-0.15, -0.1) is 0 Å². The molecule has 116 valence electrons. The molecule has 0 radical (unpaired) electrons. The molecule has 2 aromatic rings. The fourth-order valence-electron chi connectivity index (χ4n) is 2.20. The van der Waals surface area contributed by atoms with Crippen molar-refractivity contribution in [1.29, 1.82) is 0 Å². The van der Waals surface area contributed by atoms with Gasteiger partial charge in [-0.25, -0.2) is 4.79 Å². The fourth-order valence-corrected chi connectivity index (χ4v) is 2.62. The summed E-state index contributed by atoms with van der Waals surface area (Å²) < 4.78 is 6.31. The van der Waals surface area contributed by atoms with Crippen LogP contribution in [0.1, 0.15) is 25.0 Å². The van der Waals surface area contributed by atoms with Gasteiger partial charge in [0, 0.05) is 10.0 Å². The Morgan fingerprint density at radius 2 is 1.73 bits per heavy atom. The van der Waals surface area contributed by atoms with Crippen LogP contribution in [-0.4, -0.2) is 11.6 Å². The molecule has 4 heteroatoms. The molecule has 0 spiro atoms. The molecule has 0 heterocycles. The summed E-state index contributed by atoms with van der Waals surface area (Å²) in [5.74, 6) is 0. The molecule has 0 aliphatic rings. The van der Waals surface area contributed by atoms with E-state index in [9.17, 15) is 4.79 Å². The summed E-state index contributed by atoms with van der Waals surface area (Å²) in [6.07, 6.45) is 0.315. The van der Waals surface area contributed by atoms with E-state index in [0.29, 0.717) is 0 Å². The first-order valence-corrected chi connectivity index (χ1v) is 7.98. The first-order chi connectivity index (χ1) is 10.5. The summed E-state index contributed by atoms with van der Waals surface area (Å²) in [5, 5.41) is 2.92. The molecule has 3 nitrogen and oxygen atoms in total. The average Bonchev–Trinajstić information content (AvgIpc) is 2.48. The number of alkyl carbamates (subject to hydrolysis) is 1. The Morgan fingerprint density at radius 3 is 2.41 bits per heavy atom. The molecule has 0 saturated heterocycles. The van der Waals surface area contributed by atoms with Gasteiger partial charge in [-0.05, 0) is 37.5 Å². The molecular formula is C18H20BrNO2. The number of nitrogens with one attached hydrogen (secondary N) is 1. The lowest BCUT2D eigenvalue weighted by molar-refractivity contribution is 0.129. The number of ether oxygens (including phenoxy) is 1. The second-order valence-corrected chi connectivity index (χ2v) is 6.69. The van der Waals surface area contributed by atoms with Crippen LogP contribution in [-0.2, 0) is 17.8 Å². The van der Waals surface area contributed by atoms with Crippen molar-refractivity contribution in [1.82, 2.24) is 5.32 Å². The topological polar surface area (TPSA) is 38.3 Å². The first-order valence-electron chi connectivity index (χ1n) is 7.18. The van der Waals surface area contributed by atoms with Crippen LogP contribution in [0, 0.1) is 0 Å². The van der Waals surface area contributed by atoms with Crippen LogP contribution < -0.4 is 5.32 Å². The Labute approximate surface area is 139 Å². The molecule has 0 fully saturated rings. The number of amides is 1.